The molecule has 2 heterocycles. The quantitative estimate of drug-likeness (QED) is 0.750. The lowest BCUT2D eigenvalue weighted by molar-refractivity contribution is -0.126. The van der Waals surface area contributed by atoms with E-state index in [0.717, 1.165) is 11.4 Å². The lowest BCUT2D eigenvalue weighted by Gasteiger charge is -2.31. The zero-order valence-corrected chi connectivity index (χ0v) is 18.0. The van der Waals surface area contributed by atoms with Gasteiger partial charge >= 0.3 is 6.03 Å². The van der Waals surface area contributed by atoms with Crippen LogP contribution in [0.2, 0.25) is 0 Å². The normalized spacial score (nSPS) is 15.9. The number of carbonyl (C=O) groups excluding carboxylic acids is 2. The van der Waals surface area contributed by atoms with Crippen LogP contribution in [0.25, 0.3) is 0 Å². The van der Waals surface area contributed by atoms with Gasteiger partial charge in [-0.3, -0.25) is 10.1 Å². The van der Waals surface area contributed by atoms with Crippen LogP contribution in [0.4, 0.5) is 9.93 Å². The first-order chi connectivity index (χ1) is 14.0. The van der Waals surface area contributed by atoms with Crippen molar-refractivity contribution < 1.29 is 9.59 Å². The molecule has 0 saturated carbocycles. The van der Waals surface area contributed by atoms with Crippen molar-refractivity contribution >= 4 is 28.4 Å². The smallest absolute Gasteiger partial charge is 0.323 e. The molecule has 1 atom stereocenters. The van der Waals surface area contributed by atoms with E-state index in [1.54, 1.807) is 4.90 Å². The minimum absolute atomic E-state index is 0.0224. The van der Waals surface area contributed by atoms with Crippen molar-refractivity contribution in [2.24, 2.45) is 5.92 Å². The summed E-state index contributed by atoms with van der Waals surface area (Å²) in [5, 5.41) is 15.7. The number of hydrogen-bond acceptors (Lipinski definition) is 5. The fourth-order valence-corrected chi connectivity index (χ4v) is 4.53. The molecule has 2 aromatic rings. The molecule has 0 bridgehead atoms. The van der Waals surface area contributed by atoms with Crippen LogP contribution < -0.4 is 10.6 Å². The van der Waals surface area contributed by atoms with Gasteiger partial charge in [0.25, 0.3) is 0 Å². The summed E-state index contributed by atoms with van der Waals surface area (Å²) in [5.74, 6) is 0.237. The van der Waals surface area contributed by atoms with Crippen LogP contribution in [0.15, 0.2) is 30.3 Å². The first-order valence-corrected chi connectivity index (χ1v) is 11.0. The van der Waals surface area contributed by atoms with Crippen molar-refractivity contribution in [3.05, 3.63) is 40.9 Å². The number of urea groups is 1. The maximum Gasteiger partial charge on any atom is 0.323 e. The van der Waals surface area contributed by atoms with Gasteiger partial charge in [-0.1, -0.05) is 48.6 Å². The third kappa shape index (κ3) is 5.53. The molecule has 8 heteroatoms. The van der Waals surface area contributed by atoms with E-state index in [1.165, 1.54) is 16.9 Å². The van der Waals surface area contributed by atoms with Crippen molar-refractivity contribution in [3.8, 4) is 0 Å². The predicted octanol–water partition coefficient (Wildman–Crippen LogP) is 3.85. The van der Waals surface area contributed by atoms with Crippen LogP contribution in [0.3, 0.4) is 0 Å². The molecule has 0 radical (unpaired) electrons. The van der Waals surface area contributed by atoms with Crippen LogP contribution in [-0.4, -0.2) is 46.2 Å². The van der Waals surface area contributed by atoms with Crippen molar-refractivity contribution in [2.75, 3.05) is 18.4 Å². The van der Waals surface area contributed by atoms with E-state index >= 15 is 0 Å². The van der Waals surface area contributed by atoms with Crippen LogP contribution >= 0.6 is 11.3 Å². The van der Waals surface area contributed by atoms with Gasteiger partial charge in [-0.25, -0.2) is 4.79 Å². The van der Waals surface area contributed by atoms with Gasteiger partial charge in [0.15, 0.2) is 0 Å². The van der Waals surface area contributed by atoms with Gasteiger partial charge in [-0.05, 0) is 38.7 Å². The number of amides is 3. The van der Waals surface area contributed by atoms with E-state index < -0.39 is 0 Å². The van der Waals surface area contributed by atoms with Gasteiger partial charge in [-0.15, -0.1) is 10.2 Å². The first kappa shape index (κ1) is 21.2. The van der Waals surface area contributed by atoms with Crippen LogP contribution in [0, 0.1) is 5.92 Å². The Bertz CT molecular complexity index is 815. The van der Waals surface area contributed by atoms with Gasteiger partial charge in [0, 0.05) is 31.0 Å². The average Bonchev–Trinajstić information content (AvgIpc) is 3.17. The van der Waals surface area contributed by atoms with E-state index in [4.69, 9.17) is 0 Å². The van der Waals surface area contributed by atoms with Gasteiger partial charge in [0.05, 0.1) is 0 Å². The summed E-state index contributed by atoms with van der Waals surface area (Å²) in [6.45, 7) is 7.16. The van der Waals surface area contributed by atoms with Crippen LogP contribution in [0.5, 0.6) is 0 Å². The van der Waals surface area contributed by atoms with Gasteiger partial charge < -0.3 is 10.2 Å². The molecule has 3 rings (SSSR count). The molecule has 1 aromatic carbocycles. The Labute approximate surface area is 175 Å². The van der Waals surface area contributed by atoms with Crippen LogP contribution in [-0.2, 0) is 4.79 Å². The van der Waals surface area contributed by atoms with Crippen molar-refractivity contribution in [2.45, 2.75) is 52.0 Å². The molecular weight excluding hydrogens is 386 g/mol. The summed E-state index contributed by atoms with van der Waals surface area (Å²) >= 11 is 1.42. The Morgan fingerprint density at radius 3 is 2.48 bits per heavy atom. The summed E-state index contributed by atoms with van der Waals surface area (Å²) in [7, 11) is 0. The first-order valence-electron chi connectivity index (χ1n) is 10.2. The zero-order valence-electron chi connectivity index (χ0n) is 17.2. The summed E-state index contributed by atoms with van der Waals surface area (Å²) in [4.78, 5) is 26.5. The SMILES string of the molecule is CCC(c1ccccc1)c1nnc(NC(=O)N2CCC(C(=O)NC(C)C)CC2)s1. The monoisotopic (exact) mass is 415 g/mol. The number of nitrogens with one attached hydrogen (secondary N) is 2. The molecule has 1 aromatic heterocycles. The third-order valence-electron chi connectivity index (χ3n) is 5.15. The highest BCUT2D eigenvalue weighted by Gasteiger charge is 2.28. The van der Waals surface area contributed by atoms with E-state index in [9.17, 15) is 9.59 Å². The lowest BCUT2D eigenvalue weighted by atomic mass is 9.96. The molecular formula is C21H29N5O2S. The Balaban J connectivity index is 1.55. The topological polar surface area (TPSA) is 87.2 Å². The average molecular weight is 416 g/mol. The second-order valence-corrected chi connectivity index (χ2v) is 8.68. The number of aromatic nitrogens is 2. The standard InChI is InChI=1S/C21H29N5O2S/c1-4-17(15-8-6-5-7-9-15)19-24-25-20(29-19)23-21(28)26-12-10-16(11-13-26)18(27)22-14(2)3/h5-9,14,16-17H,4,10-13H2,1-3H3,(H,22,27)(H,23,25,28). The van der Waals surface area contributed by atoms with E-state index in [1.807, 2.05) is 32.0 Å². The molecule has 0 spiro atoms. The maximum atomic E-state index is 12.6. The van der Waals surface area contributed by atoms with E-state index in [-0.39, 0.29) is 29.8 Å². The van der Waals surface area contributed by atoms with Gasteiger partial charge in [-0.2, -0.15) is 0 Å². The minimum atomic E-state index is -0.178. The molecule has 156 valence electrons. The van der Waals surface area contributed by atoms with Crippen LogP contribution in [0.1, 0.15) is 56.5 Å². The fraction of sp³-hybridized carbons (Fsp3) is 0.524. The summed E-state index contributed by atoms with van der Waals surface area (Å²) in [6, 6.07) is 10.2. The molecule has 7 nitrogen and oxygen atoms in total. The fourth-order valence-electron chi connectivity index (χ4n) is 3.58. The molecule has 1 aliphatic rings. The Kier molecular flexibility index (Phi) is 7.19. The Morgan fingerprint density at radius 2 is 1.86 bits per heavy atom. The van der Waals surface area contributed by atoms with Crippen molar-refractivity contribution in [1.82, 2.24) is 20.4 Å². The molecule has 2 N–H and O–H groups in total. The summed E-state index contributed by atoms with van der Waals surface area (Å²) < 4.78 is 0. The number of nitrogens with zero attached hydrogens (tertiary/aromatic N) is 3. The predicted molar refractivity (Wildman–Crippen MR) is 115 cm³/mol. The Hall–Kier alpha value is -2.48. The van der Waals surface area contributed by atoms with Gasteiger partial charge in [0.1, 0.15) is 5.01 Å². The zero-order chi connectivity index (χ0) is 20.8. The molecule has 0 aliphatic carbocycles. The molecule has 29 heavy (non-hydrogen) atoms. The number of hydrogen-bond donors (Lipinski definition) is 2. The largest absolute Gasteiger partial charge is 0.354 e. The molecule has 1 aliphatic heterocycles. The number of piperidine rings is 1. The molecule has 1 fully saturated rings. The number of rotatable bonds is 6. The minimum Gasteiger partial charge on any atom is -0.354 e. The number of likely N-dealkylation sites (tertiary alicyclic amines) is 1. The van der Waals surface area contributed by atoms with E-state index in [2.05, 4.69) is 39.9 Å². The highest BCUT2D eigenvalue weighted by molar-refractivity contribution is 7.15. The second kappa shape index (κ2) is 9.82. The highest BCUT2D eigenvalue weighted by Crippen LogP contribution is 2.31. The lowest BCUT2D eigenvalue weighted by Crippen LogP contribution is -2.45. The van der Waals surface area contributed by atoms with E-state index in [0.29, 0.717) is 31.1 Å². The second-order valence-electron chi connectivity index (χ2n) is 7.67. The third-order valence-corrected chi connectivity index (χ3v) is 6.10. The number of anilines is 1. The molecule has 1 saturated heterocycles. The summed E-state index contributed by atoms with van der Waals surface area (Å²) in [6.07, 6.45) is 2.27. The highest BCUT2D eigenvalue weighted by atomic mass is 32.1. The molecule has 1 unspecified atom stereocenters. The number of benzene rings is 1. The summed E-state index contributed by atoms with van der Waals surface area (Å²) in [5.41, 5.74) is 1.20. The van der Waals surface area contributed by atoms with Crippen molar-refractivity contribution in [1.29, 1.82) is 0 Å². The maximum absolute atomic E-state index is 12.6. The van der Waals surface area contributed by atoms with Gasteiger partial charge in [0.2, 0.25) is 11.0 Å². The Morgan fingerprint density at radius 1 is 1.17 bits per heavy atom. The number of carbonyl (C=O) groups is 2. The van der Waals surface area contributed by atoms with Crippen molar-refractivity contribution in [3.63, 3.8) is 0 Å². The molecule has 3 amide bonds.